The first-order chi connectivity index (χ1) is 9.40. The van der Waals surface area contributed by atoms with Gasteiger partial charge in [-0.2, -0.15) is 0 Å². The van der Waals surface area contributed by atoms with Crippen molar-refractivity contribution < 1.29 is 4.79 Å². The fourth-order valence-corrected chi connectivity index (χ4v) is 3.40. The van der Waals surface area contributed by atoms with Crippen molar-refractivity contribution in [1.82, 2.24) is 14.8 Å². The predicted molar refractivity (Wildman–Crippen MR) is 81.4 cm³/mol. The van der Waals surface area contributed by atoms with Gasteiger partial charge in [-0.15, -0.1) is 0 Å². The van der Waals surface area contributed by atoms with Gasteiger partial charge in [-0.3, -0.25) is 0 Å². The van der Waals surface area contributed by atoms with Crippen LogP contribution in [0.2, 0.25) is 0 Å². The lowest BCUT2D eigenvalue weighted by molar-refractivity contribution is 0.140. The van der Waals surface area contributed by atoms with Crippen LogP contribution in [0.15, 0.2) is 18.5 Å². The van der Waals surface area contributed by atoms with Gasteiger partial charge >= 0.3 is 6.03 Å². The molecule has 1 saturated heterocycles. The molecule has 0 aromatic carbocycles. The maximum absolute atomic E-state index is 12.4. The number of carbonyl (C=O) groups excluding carboxylic acids is 1. The average molecular weight is 277 g/mol. The molecule has 0 radical (unpaired) electrons. The zero-order valence-corrected chi connectivity index (χ0v) is 13.1. The summed E-state index contributed by atoms with van der Waals surface area (Å²) >= 11 is 0. The predicted octanol–water partition coefficient (Wildman–Crippen LogP) is 3.14. The van der Waals surface area contributed by atoms with E-state index in [2.05, 4.69) is 26.1 Å². The smallest absolute Gasteiger partial charge is 0.318 e. The second-order valence-corrected chi connectivity index (χ2v) is 6.69. The Labute approximate surface area is 122 Å². The summed E-state index contributed by atoms with van der Waals surface area (Å²) in [5.74, 6) is 0.613. The van der Waals surface area contributed by atoms with E-state index >= 15 is 0 Å². The number of likely N-dealkylation sites (tertiary alicyclic amines) is 1. The minimum atomic E-state index is 0.0228. The lowest BCUT2D eigenvalue weighted by Gasteiger charge is -2.36. The second kappa shape index (κ2) is 5.90. The Balaban J connectivity index is 1.94. The van der Waals surface area contributed by atoms with Gasteiger partial charge in [-0.1, -0.05) is 13.8 Å². The van der Waals surface area contributed by atoms with E-state index in [1.165, 1.54) is 0 Å². The molecule has 1 N–H and O–H groups in total. The van der Waals surface area contributed by atoms with Crippen LogP contribution in [0, 0.1) is 5.92 Å². The monoisotopic (exact) mass is 277 g/mol. The van der Waals surface area contributed by atoms with Crippen LogP contribution in [-0.2, 0) is 13.6 Å². The maximum Gasteiger partial charge on any atom is 0.318 e. The first kappa shape index (κ1) is 14.9. The third-order valence-corrected chi connectivity index (χ3v) is 4.18. The molecule has 112 valence electrons. The first-order valence-corrected chi connectivity index (χ1v) is 7.57. The number of nitrogens with zero attached hydrogens (tertiary/aromatic N) is 2. The molecule has 20 heavy (non-hydrogen) atoms. The maximum atomic E-state index is 12.4. The molecule has 1 aromatic rings. The molecule has 4 nitrogen and oxygen atoms in total. The van der Waals surface area contributed by atoms with Gasteiger partial charge in [0, 0.05) is 38.1 Å². The molecule has 1 atom stereocenters. The molecule has 1 unspecified atom stereocenters. The van der Waals surface area contributed by atoms with Crippen molar-refractivity contribution in [3.8, 4) is 0 Å². The minimum absolute atomic E-state index is 0.0228. The number of rotatable bonds is 4. The molecule has 1 aliphatic rings. The lowest BCUT2D eigenvalue weighted by atomic mass is 9.88. The summed E-state index contributed by atoms with van der Waals surface area (Å²) in [5.41, 5.74) is 1.17. The molecular weight excluding hydrogens is 250 g/mol. The summed E-state index contributed by atoms with van der Waals surface area (Å²) in [7, 11) is 1.99. The molecule has 0 aliphatic carbocycles. The van der Waals surface area contributed by atoms with Gasteiger partial charge in [0.2, 0.25) is 0 Å². The van der Waals surface area contributed by atoms with E-state index in [1.54, 1.807) is 0 Å². The Morgan fingerprint density at radius 1 is 1.50 bits per heavy atom. The number of hydrogen-bond acceptors (Lipinski definition) is 1. The van der Waals surface area contributed by atoms with Crippen LogP contribution in [0.25, 0.3) is 0 Å². The van der Waals surface area contributed by atoms with Crippen molar-refractivity contribution in [2.45, 2.75) is 52.1 Å². The zero-order valence-electron chi connectivity index (χ0n) is 13.1. The molecule has 1 aromatic heterocycles. The van der Waals surface area contributed by atoms with Crippen molar-refractivity contribution in [3.05, 3.63) is 24.0 Å². The Morgan fingerprint density at radius 2 is 2.25 bits per heavy atom. The average Bonchev–Trinajstić information content (AvgIpc) is 2.92. The molecular formula is C16H27N3O. The van der Waals surface area contributed by atoms with Crippen molar-refractivity contribution in [1.29, 1.82) is 0 Å². The van der Waals surface area contributed by atoms with Crippen LogP contribution in [0.5, 0.6) is 0 Å². The van der Waals surface area contributed by atoms with Crippen molar-refractivity contribution in [2.24, 2.45) is 13.0 Å². The molecule has 0 spiro atoms. The third-order valence-electron chi connectivity index (χ3n) is 4.18. The summed E-state index contributed by atoms with van der Waals surface area (Å²) in [6.07, 6.45) is 7.34. The second-order valence-electron chi connectivity index (χ2n) is 6.69. The van der Waals surface area contributed by atoms with E-state index in [4.69, 9.17) is 0 Å². The largest absolute Gasteiger partial charge is 0.357 e. The number of nitrogens with one attached hydrogen (secondary N) is 1. The Bertz CT molecular complexity index is 466. The summed E-state index contributed by atoms with van der Waals surface area (Å²) < 4.78 is 2.00. The van der Waals surface area contributed by atoms with Crippen molar-refractivity contribution in [2.75, 3.05) is 6.54 Å². The van der Waals surface area contributed by atoms with Crippen molar-refractivity contribution in [3.63, 3.8) is 0 Å². The van der Waals surface area contributed by atoms with Crippen LogP contribution in [0.4, 0.5) is 4.79 Å². The Hall–Kier alpha value is -1.45. The Kier molecular flexibility index (Phi) is 4.41. The van der Waals surface area contributed by atoms with Crippen LogP contribution >= 0.6 is 0 Å². The summed E-state index contributed by atoms with van der Waals surface area (Å²) in [4.78, 5) is 14.5. The van der Waals surface area contributed by atoms with Gasteiger partial charge in [0.05, 0.1) is 0 Å². The molecule has 1 fully saturated rings. The summed E-state index contributed by atoms with van der Waals surface area (Å²) in [6.45, 7) is 8.16. The third kappa shape index (κ3) is 3.35. The molecule has 1 aliphatic heterocycles. The number of urea groups is 1. The van der Waals surface area contributed by atoms with E-state index < -0.39 is 0 Å². The van der Waals surface area contributed by atoms with E-state index in [0.717, 1.165) is 31.4 Å². The molecule has 4 heteroatoms. The number of amides is 2. The molecule has 2 amide bonds. The van der Waals surface area contributed by atoms with E-state index in [9.17, 15) is 4.79 Å². The SMILES string of the molecule is CC(C)CC1(C)CCCN1C(=O)NCc1ccn(C)c1. The van der Waals surface area contributed by atoms with Gasteiger partial charge < -0.3 is 14.8 Å². The fraction of sp³-hybridized carbons (Fsp3) is 0.688. The summed E-state index contributed by atoms with van der Waals surface area (Å²) in [6, 6.07) is 2.12. The lowest BCUT2D eigenvalue weighted by Crippen LogP contribution is -2.50. The molecule has 0 saturated carbocycles. The highest BCUT2D eigenvalue weighted by molar-refractivity contribution is 5.75. The van der Waals surface area contributed by atoms with Crippen molar-refractivity contribution >= 4 is 6.03 Å². The van der Waals surface area contributed by atoms with Crippen LogP contribution < -0.4 is 5.32 Å². The van der Waals surface area contributed by atoms with Gasteiger partial charge in [-0.25, -0.2) is 4.79 Å². The van der Waals surface area contributed by atoms with Crippen LogP contribution in [0.3, 0.4) is 0 Å². The first-order valence-electron chi connectivity index (χ1n) is 7.57. The van der Waals surface area contributed by atoms with E-state index in [0.29, 0.717) is 12.5 Å². The number of aryl methyl sites for hydroxylation is 1. The number of aromatic nitrogens is 1. The zero-order chi connectivity index (χ0) is 14.8. The minimum Gasteiger partial charge on any atom is -0.357 e. The standard InChI is InChI=1S/C16H27N3O/c1-13(2)10-16(3)7-5-8-19(16)15(20)17-11-14-6-9-18(4)12-14/h6,9,12-13H,5,7-8,10-11H2,1-4H3,(H,17,20). The summed E-state index contributed by atoms with van der Waals surface area (Å²) in [5, 5.41) is 3.06. The highest BCUT2D eigenvalue weighted by Crippen LogP contribution is 2.34. The van der Waals surface area contributed by atoms with Gasteiger partial charge in [0.1, 0.15) is 0 Å². The topological polar surface area (TPSA) is 37.3 Å². The fourth-order valence-electron chi connectivity index (χ4n) is 3.40. The van der Waals surface area contributed by atoms with Crippen LogP contribution in [0.1, 0.15) is 45.6 Å². The molecule has 0 bridgehead atoms. The van der Waals surface area contributed by atoms with Gasteiger partial charge in [-0.05, 0) is 43.7 Å². The quantitative estimate of drug-likeness (QED) is 0.902. The highest BCUT2D eigenvalue weighted by Gasteiger charge is 2.39. The van der Waals surface area contributed by atoms with Gasteiger partial charge in [0.15, 0.2) is 0 Å². The van der Waals surface area contributed by atoms with Gasteiger partial charge in [0.25, 0.3) is 0 Å². The molecule has 2 heterocycles. The van der Waals surface area contributed by atoms with E-state index in [1.807, 2.05) is 35.0 Å². The van der Waals surface area contributed by atoms with Crippen LogP contribution in [-0.4, -0.2) is 27.6 Å². The molecule has 2 rings (SSSR count). The number of hydrogen-bond donors (Lipinski definition) is 1. The number of carbonyl (C=O) groups is 1. The normalized spacial score (nSPS) is 22.6. The van der Waals surface area contributed by atoms with E-state index in [-0.39, 0.29) is 11.6 Å². The highest BCUT2D eigenvalue weighted by atomic mass is 16.2. The Morgan fingerprint density at radius 3 is 2.85 bits per heavy atom.